The zero-order valence-corrected chi connectivity index (χ0v) is 22.3. The first-order valence-corrected chi connectivity index (χ1v) is 12.8. The van der Waals surface area contributed by atoms with Gasteiger partial charge in [-0.2, -0.15) is 0 Å². The summed E-state index contributed by atoms with van der Waals surface area (Å²) in [6.45, 7) is 7.01. The lowest BCUT2D eigenvalue weighted by Gasteiger charge is -2.25. The average molecular weight is 541 g/mol. The van der Waals surface area contributed by atoms with Crippen LogP contribution >= 0.6 is 22.9 Å². The Labute approximate surface area is 222 Å². The van der Waals surface area contributed by atoms with E-state index in [1.54, 1.807) is 63.2 Å². The minimum absolute atomic E-state index is 0.164. The summed E-state index contributed by atoms with van der Waals surface area (Å²) in [5.41, 5.74) is 1.71. The number of aromatic nitrogens is 1. The number of fused-ring (bicyclic) bond motifs is 1. The molecule has 2 aromatic carbocycles. The highest BCUT2D eigenvalue weighted by atomic mass is 35.5. The Balaban J connectivity index is 1.95. The summed E-state index contributed by atoms with van der Waals surface area (Å²) >= 11 is 7.34. The lowest BCUT2D eigenvalue weighted by Crippen LogP contribution is -2.40. The van der Waals surface area contributed by atoms with Crippen LogP contribution in [0.5, 0.6) is 11.5 Å². The number of halogens is 1. The van der Waals surface area contributed by atoms with E-state index in [-0.39, 0.29) is 23.5 Å². The Bertz CT molecular complexity index is 1590. The van der Waals surface area contributed by atoms with Gasteiger partial charge < -0.3 is 14.2 Å². The largest absolute Gasteiger partial charge is 0.490 e. The van der Waals surface area contributed by atoms with E-state index in [9.17, 15) is 14.4 Å². The van der Waals surface area contributed by atoms with Gasteiger partial charge >= 0.3 is 11.9 Å². The number of carbonyl (C=O) groups is 2. The van der Waals surface area contributed by atoms with Crippen LogP contribution in [0.4, 0.5) is 0 Å². The number of nitrogens with zero attached hydrogens (tertiary/aromatic N) is 2. The van der Waals surface area contributed by atoms with Gasteiger partial charge in [-0.3, -0.25) is 14.2 Å². The average Bonchev–Trinajstić information content (AvgIpc) is 3.13. The molecule has 1 aliphatic heterocycles. The van der Waals surface area contributed by atoms with E-state index in [0.717, 1.165) is 5.56 Å². The van der Waals surface area contributed by atoms with Gasteiger partial charge in [0.05, 0.1) is 35.1 Å². The van der Waals surface area contributed by atoms with Gasteiger partial charge in [-0.15, -0.1) is 0 Å². The summed E-state index contributed by atoms with van der Waals surface area (Å²) in [6.07, 6.45) is 1.74. The molecule has 0 fully saturated rings. The molecule has 10 heteroatoms. The second-order valence-corrected chi connectivity index (χ2v) is 9.54. The van der Waals surface area contributed by atoms with Gasteiger partial charge in [-0.25, -0.2) is 9.79 Å². The summed E-state index contributed by atoms with van der Waals surface area (Å²) in [7, 11) is 0. The van der Waals surface area contributed by atoms with E-state index >= 15 is 0 Å². The first-order valence-electron chi connectivity index (χ1n) is 11.6. The smallest absolute Gasteiger partial charge is 0.338 e. The van der Waals surface area contributed by atoms with E-state index < -0.39 is 18.0 Å². The van der Waals surface area contributed by atoms with E-state index in [4.69, 9.17) is 25.8 Å². The second kappa shape index (κ2) is 11.1. The number of hydrogen-bond acceptors (Lipinski definition) is 8. The van der Waals surface area contributed by atoms with Crippen LogP contribution in [0.25, 0.3) is 6.08 Å². The maximum atomic E-state index is 13.7. The summed E-state index contributed by atoms with van der Waals surface area (Å²) in [5.74, 6) is -0.510. The molecule has 0 amide bonds. The third kappa shape index (κ3) is 5.52. The first kappa shape index (κ1) is 26.4. The van der Waals surface area contributed by atoms with Crippen molar-refractivity contribution in [2.24, 2.45) is 4.99 Å². The molecule has 2 heterocycles. The third-order valence-corrected chi connectivity index (χ3v) is 6.72. The minimum atomic E-state index is -0.831. The molecule has 192 valence electrons. The highest BCUT2D eigenvalue weighted by Gasteiger charge is 2.34. The molecule has 1 aliphatic rings. The number of esters is 2. The standard InChI is InChI=1S/C27H25ClN2O6S/c1-5-34-21-14-18(10-11-20(21)36-16(4)31)24-23(26(33)35-6-2)15(3)29-27-30(24)25(32)22(37-27)13-17-8-7-9-19(28)12-17/h7-14,24H,5-6H2,1-4H3/b22-13+. The number of rotatable bonds is 7. The molecule has 0 N–H and O–H groups in total. The van der Waals surface area contributed by atoms with Gasteiger partial charge in [0.1, 0.15) is 0 Å². The fourth-order valence-electron chi connectivity index (χ4n) is 4.06. The molecular weight excluding hydrogens is 516 g/mol. The molecule has 1 unspecified atom stereocenters. The molecule has 0 aliphatic carbocycles. The van der Waals surface area contributed by atoms with Crippen LogP contribution in [0.2, 0.25) is 5.02 Å². The molecule has 3 aromatic rings. The van der Waals surface area contributed by atoms with Crippen molar-refractivity contribution in [1.82, 2.24) is 4.57 Å². The summed E-state index contributed by atoms with van der Waals surface area (Å²) in [4.78, 5) is 43.4. The highest BCUT2D eigenvalue weighted by molar-refractivity contribution is 7.07. The number of thiazole rings is 1. The Morgan fingerprint density at radius 3 is 2.59 bits per heavy atom. The predicted octanol–water partition coefficient (Wildman–Crippen LogP) is 3.78. The monoisotopic (exact) mass is 540 g/mol. The van der Waals surface area contributed by atoms with Gasteiger partial charge in [0.25, 0.3) is 5.56 Å². The maximum Gasteiger partial charge on any atom is 0.338 e. The van der Waals surface area contributed by atoms with Crippen molar-refractivity contribution in [3.05, 3.63) is 89.6 Å². The van der Waals surface area contributed by atoms with Crippen molar-refractivity contribution >= 4 is 41.0 Å². The fourth-order valence-corrected chi connectivity index (χ4v) is 5.30. The molecule has 4 rings (SSSR count). The molecule has 0 bridgehead atoms. The van der Waals surface area contributed by atoms with Crippen molar-refractivity contribution in [1.29, 1.82) is 0 Å². The fraction of sp³-hybridized carbons (Fsp3) is 0.259. The minimum Gasteiger partial charge on any atom is -0.490 e. The SMILES string of the molecule is CCOC(=O)C1=C(C)N=c2s/c(=C/c3cccc(Cl)c3)c(=O)n2C1c1ccc(OC(C)=O)c(OCC)c1. The van der Waals surface area contributed by atoms with Crippen LogP contribution in [-0.2, 0) is 14.3 Å². The topological polar surface area (TPSA) is 96.2 Å². The van der Waals surface area contributed by atoms with Gasteiger partial charge in [0.2, 0.25) is 0 Å². The van der Waals surface area contributed by atoms with Gasteiger partial charge in [0, 0.05) is 11.9 Å². The Hall–Kier alpha value is -3.69. The zero-order chi connectivity index (χ0) is 26.7. The Kier molecular flexibility index (Phi) is 7.94. The lowest BCUT2D eigenvalue weighted by molar-refractivity contribution is -0.139. The molecular formula is C27H25ClN2O6S. The summed E-state index contributed by atoms with van der Waals surface area (Å²) in [6, 6.07) is 11.3. The lowest BCUT2D eigenvalue weighted by atomic mass is 9.95. The Morgan fingerprint density at radius 2 is 1.92 bits per heavy atom. The van der Waals surface area contributed by atoms with Crippen molar-refractivity contribution < 1.29 is 23.8 Å². The van der Waals surface area contributed by atoms with Crippen molar-refractivity contribution in [2.45, 2.75) is 33.7 Å². The van der Waals surface area contributed by atoms with Crippen LogP contribution in [0.15, 0.2) is 63.5 Å². The van der Waals surface area contributed by atoms with Crippen LogP contribution in [0.1, 0.15) is 44.9 Å². The molecule has 0 saturated heterocycles. The van der Waals surface area contributed by atoms with E-state index in [1.165, 1.54) is 22.8 Å². The van der Waals surface area contributed by atoms with Crippen LogP contribution in [-0.4, -0.2) is 29.7 Å². The van der Waals surface area contributed by atoms with Crippen LogP contribution in [0.3, 0.4) is 0 Å². The first-order chi connectivity index (χ1) is 17.7. The predicted molar refractivity (Wildman–Crippen MR) is 141 cm³/mol. The van der Waals surface area contributed by atoms with Crippen molar-refractivity contribution in [3.8, 4) is 11.5 Å². The second-order valence-electron chi connectivity index (χ2n) is 8.09. The van der Waals surface area contributed by atoms with E-state index in [1.807, 2.05) is 6.07 Å². The van der Waals surface area contributed by atoms with Crippen LogP contribution < -0.4 is 24.4 Å². The maximum absolute atomic E-state index is 13.7. The number of allylic oxidation sites excluding steroid dienone is 1. The van der Waals surface area contributed by atoms with E-state index in [0.29, 0.717) is 38.0 Å². The van der Waals surface area contributed by atoms with Crippen molar-refractivity contribution in [2.75, 3.05) is 13.2 Å². The van der Waals surface area contributed by atoms with E-state index in [2.05, 4.69) is 4.99 Å². The molecule has 0 radical (unpaired) electrons. The summed E-state index contributed by atoms with van der Waals surface area (Å²) < 4.78 is 18.3. The van der Waals surface area contributed by atoms with Crippen molar-refractivity contribution in [3.63, 3.8) is 0 Å². The van der Waals surface area contributed by atoms with Crippen LogP contribution in [0, 0.1) is 0 Å². The highest BCUT2D eigenvalue weighted by Crippen LogP contribution is 2.36. The normalized spacial score (nSPS) is 15.2. The third-order valence-electron chi connectivity index (χ3n) is 5.50. The molecule has 0 saturated carbocycles. The molecule has 1 aromatic heterocycles. The number of hydrogen-bond donors (Lipinski definition) is 0. The Morgan fingerprint density at radius 1 is 1.14 bits per heavy atom. The van der Waals surface area contributed by atoms with Gasteiger partial charge in [0.15, 0.2) is 16.3 Å². The number of ether oxygens (including phenoxy) is 3. The molecule has 8 nitrogen and oxygen atoms in total. The number of benzene rings is 2. The van der Waals surface area contributed by atoms with Gasteiger partial charge in [-0.05, 0) is 62.2 Å². The number of carbonyl (C=O) groups excluding carboxylic acids is 2. The molecule has 37 heavy (non-hydrogen) atoms. The molecule has 0 spiro atoms. The quantitative estimate of drug-likeness (QED) is 0.334. The molecule has 1 atom stereocenters. The van der Waals surface area contributed by atoms with Gasteiger partial charge in [-0.1, -0.05) is 41.1 Å². The zero-order valence-electron chi connectivity index (χ0n) is 20.7. The summed E-state index contributed by atoms with van der Waals surface area (Å²) in [5, 5.41) is 0.552.